The smallest absolute Gasteiger partial charge is 0.258 e. The van der Waals surface area contributed by atoms with Crippen molar-refractivity contribution in [2.24, 2.45) is 0 Å². The van der Waals surface area contributed by atoms with Gasteiger partial charge in [-0.15, -0.1) is 0 Å². The van der Waals surface area contributed by atoms with E-state index in [2.05, 4.69) is 19.9 Å². The lowest BCUT2D eigenvalue weighted by molar-refractivity contribution is 0.932. The van der Waals surface area contributed by atoms with Gasteiger partial charge in [0.1, 0.15) is 18.5 Å². The van der Waals surface area contributed by atoms with Gasteiger partial charge < -0.3 is 0 Å². The van der Waals surface area contributed by atoms with Gasteiger partial charge in [-0.25, -0.2) is 19.9 Å². The van der Waals surface area contributed by atoms with Crippen LogP contribution < -0.4 is 5.56 Å². The Kier molecular flexibility index (Phi) is 2.11. The molecule has 0 amide bonds. The molecular formula is C11H7N5O. The van der Waals surface area contributed by atoms with Crippen LogP contribution in [0.5, 0.6) is 0 Å². The summed E-state index contributed by atoms with van der Waals surface area (Å²) < 4.78 is 1.44. The Balaban J connectivity index is 2.31. The van der Waals surface area contributed by atoms with E-state index >= 15 is 0 Å². The van der Waals surface area contributed by atoms with Crippen LogP contribution in [0, 0.1) is 0 Å². The van der Waals surface area contributed by atoms with Gasteiger partial charge in [-0.3, -0.25) is 9.36 Å². The number of hydrogen-bond acceptors (Lipinski definition) is 5. The van der Waals surface area contributed by atoms with Crippen molar-refractivity contribution in [1.82, 2.24) is 24.5 Å². The first-order valence-corrected chi connectivity index (χ1v) is 4.93. The van der Waals surface area contributed by atoms with Gasteiger partial charge in [-0.1, -0.05) is 0 Å². The number of aromatic nitrogens is 5. The zero-order chi connectivity index (χ0) is 11.7. The van der Waals surface area contributed by atoms with Gasteiger partial charge in [0, 0.05) is 30.0 Å². The van der Waals surface area contributed by atoms with E-state index in [9.17, 15) is 4.79 Å². The van der Waals surface area contributed by atoms with Crippen LogP contribution in [0.15, 0.2) is 48.2 Å². The summed E-state index contributed by atoms with van der Waals surface area (Å²) in [4.78, 5) is 27.7. The second kappa shape index (κ2) is 3.75. The van der Waals surface area contributed by atoms with E-state index in [1.165, 1.54) is 23.3 Å². The Labute approximate surface area is 95.6 Å². The first kappa shape index (κ1) is 9.59. The molecule has 0 aliphatic carbocycles. The number of nitrogens with zero attached hydrogens (tertiary/aromatic N) is 5. The Hall–Kier alpha value is -2.63. The molecule has 0 bridgehead atoms. The van der Waals surface area contributed by atoms with Gasteiger partial charge in [0.15, 0.2) is 0 Å². The largest absolute Gasteiger partial charge is 0.269 e. The minimum absolute atomic E-state index is 0.185. The molecule has 0 spiro atoms. The highest BCUT2D eigenvalue weighted by molar-refractivity contribution is 5.76. The van der Waals surface area contributed by atoms with E-state index < -0.39 is 0 Å². The molecule has 0 unspecified atom stereocenters. The molecule has 3 rings (SSSR count). The molecule has 0 saturated heterocycles. The molecule has 6 nitrogen and oxygen atoms in total. The molecule has 0 aliphatic rings. The normalized spacial score (nSPS) is 10.6. The molecule has 3 heterocycles. The molecule has 17 heavy (non-hydrogen) atoms. The predicted molar refractivity (Wildman–Crippen MR) is 60.7 cm³/mol. The molecule has 3 aromatic heterocycles. The van der Waals surface area contributed by atoms with Crippen molar-refractivity contribution in [3.8, 4) is 5.82 Å². The summed E-state index contributed by atoms with van der Waals surface area (Å²) in [6.45, 7) is 0. The second-order valence-corrected chi connectivity index (χ2v) is 3.41. The average molecular weight is 225 g/mol. The van der Waals surface area contributed by atoms with Gasteiger partial charge in [-0.2, -0.15) is 0 Å². The van der Waals surface area contributed by atoms with E-state index in [-0.39, 0.29) is 5.56 Å². The van der Waals surface area contributed by atoms with Gasteiger partial charge in [0.25, 0.3) is 5.56 Å². The molecule has 3 aromatic rings. The van der Waals surface area contributed by atoms with E-state index in [0.717, 1.165) is 5.39 Å². The monoisotopic (exact) mass is 225 g/mol. The summed E-state index contributed by atoms with van der Waals surface area (Å²) in [7, 11) is 0. The summed E-state index contributed by atoms with van der Waals surface area (Å²) in [5.74, 6) is 0.524. The van der Waals surface area contributed by atoms with Crippen molar-refractivity contribution in [3.63, 3.8) is 0 Å². The van der Waals surface area contributed by atoms with Gasteiger partial charge in [-0.05, 0) is 6.07 Å². The number of rotatable bonds is 1. The van der Waals surface area contributed by atoms with Crippen molar-refractivity contribution < 1.29 is 0 Å². The van der Waals surface area contributed by atoms with Crippen LogP contribution in [0.3, 0.4) is 0 Å². The van der Waals surface area contributed by atoms with E-state index in [1.807, 2.05) is 0 Å². The molecule has 0 radical (unpaired) electrons. The third-order valence-corrected chi connectivity index (χ3v) is 2.35. The van der Waals surface area contributed by atoms with Gasteiger partial charge >= 0.3 is 0 Å². The summed E-state index contributed by atoms with van der Waals surface area (Å²) in [6.07, 6.45) is 7.71. The van der Waals surface area contributed by atoms with Crippen LogP contribution in [0.1, 0.15) is 0 Å². The molecule has 0 aromatic carbocycles. The quantitative estimate of drug-likeness (QED) is 0.605. The van der Waals surface area contributed by atoms with Crippen molar-refractivity contribution in [2.45, 2.75) is 0 Å². The maximum absolute atomic E-state index is 11.9. The third-order valence-electron chi connectivity index (χ3n) is 2.35. The zero-order valence-corrected chi connectivity index (χ0v) is 8.69. The van der Waals surface area contributed by atoms with Crippen molar-refractivity contribution in [3.05, 3.63) is 53.7 Å². The summed E-state index contributed by atoms with van der Waals surface area (Å²) >= 11 is 0. The van der Waals surface area contributed by atoms with Crippen LogP contribution in [-0.2, 0) is 0 Å². The maximum atomic E-state index is 11.9. The number of fused-ring (bicyclic) bond motifs is 1. The Morgan fingerprint density at radius 3 is 2.82 bits per heavy atom. The lowest BCUT2D eigenvalue weighted by Gasteiger charge is -2.04. The maximum Gasteiger partial charge on any atom is 0.258 e. The van der Waals surface area contributed by atoms with Crippen molar-refractivity contribution in [2.75, 3.05) is 0 Å². The van der Waals surface area contributed by atoms with Crippen LogP contribution in [0.4, 0.5) is 0 Å². The first-order valence-electron chi connectivity index (χ1n) is 4.93. The van der Waals surface area contributed by atoms with Crippen LogP contribution in [0.25, 0.3) is 16.7 Å². The highest BCUT2D eigenvalue weighted by Gasteiger charge is 2.03. The van der Waals surface area contributed by atoms with Crippen molar-refractivity contribution in [1.29, 1.82) is 0 Å². The first-order chi connectivity index (χ1) is 8.34. The zero-order valence-electron chi connectivity index (χ0n) is 8.69. The predicted octanol–water partition coefficient (Wildman–Crippen LogP) is 0.571. The molecule has 0 N–H and O–H groups in total. The van der Waals surface area contributed by atoms with Gasteiger partial charge in [0.05, 0.1) is 5.52 Å². The van der Waals surface area contributed by atoms with Crippen LogP contribution >= 0.6 is 0 Å². The van der Waals surface area contributed by atoms with Crippen LogP contribution in [0.2, 0.25) is 0 Å². The molecule has 82 valence electrons. The van der Waals surface area contributed by atoms with E-state index in [1.54, 1.807) is 24.7 Å². The fourth-order valence-corrected chi connectivity index (χ4v) is 1.56. The fraction of sp³-hybridized carbons (Fsp3) is 0. The molecule has 0 saturated carbocycles. The number of hydrogen-bond donors (Lipinski definition) is 0. The lowest BCUT2D eigenvalue weighted by atomic mass is 10.3. The van der Waals surface area contributed by atoms with E-state index in [4.69, 9.17) is 0 Å². The molecule has 6 heteroatoms. The molecule has 0 atom stereocenters. The molecule has 0 aliphatic heterocycles. The lowest BCUT2D eigenvalue weighted by Crippen LogP contribution is -2.17. The summed E-state index contributed by atoms with van der Waals surface area (Å²) in [5, 5.41) is 0.783. The van der Waals surface area contributed by atoms with Gasteiger partial charge in [0.2, 0.25) is 0 Å². The number of pyridine rings is 1. The van der Waals surface area contributed by atoms with E-state index in [0.29, 0.717) is 11.3 Å². The fourth-order valence-electron chi connectivity index (χ4n) is 1.56. The topological polar surface area (TPSA) is 73.6 Å². The Bertz CT molecular complexity index is 723. The Morgan fingerprint density at radius 2 is 2.00 bits per heavy atom. The summed E-state index contributed by atoms with van der Waals surface area (Å²) in [5.41, 5.74) is 0.435. The summed E-state index contributed by atoms with van der Waals surface area (Å²) in [6, 6.07) is 3.12. The Morgan fingerprint density at radius 1 is 1.12 bits per heavy atom. The van der Waals surface area contributed by atoms with Crippen molar-refractivity contribution >= 4 is 10.9 Å². The molecule has 0 fully saturated rings. The standard InChI is InChI=1S/C11H7N5O/c17-11-3-9-8(4-13-7-14-9)5-16(11)10-1-2-12-6-15-10/h1-7H. The SMILES string of the molecule is O=c1cc2ncncc2cn1-c1ccncn1. The second-order valence-electron chi connectivity index (χ2n) is 3.41. The minimum atomic E-state index is -0.185. The minimum Gasteiger partial charge on any atom is -0.269 e. The highest BCUT2D eigenvalue weighted by Crippen LogP contribution is 2.07. The average Bonchev–Trinajstić information content (AvgIpc) is 2.39. The molecular weight excluding hydrogens is 218 g/mol. The van der Waals surface area contributed by atoms with Crippen LogP contribution in [-0.4, -0.2) is 24.5 Å². The highest BCUT2D eigenvalue weighted by atomic mass is 16.1. The third kappa shape index (κ3) is 1.65.